The Balaban J connectivity index is 1.56. The zero-order valence-corrected chi connectivity index (χ0v) is 15.7. The first kappa shape index (κ1) is 18.4. The van der Waals surface area contributed by atoms with Gasteiger partial charge in [0.1, 0.15) is 5.82 Å². The van der Waals surface area contributed by atoms with Gasteiger partial charge in [0, 0.05) is 36.9 Å². The van der Waals surface area contributed by atoms with Gasteiger partial charge in [-0.2, -0.15) is 5.10 Å². The van der Waals surface area contributed by atoms with E-state index in [1.165, 1.54) is 12.8 Å². The number of rotatable bonds is 7. The number of amides is 1. The van der Waals surface area contributed by atoms with Gasteiger partial charge in [-0.05, 0) is 37.4 Å². The van der Waals surface area contributed by atoms with Gasteiger partial charge in [0.25, 0.3) is 0 Å². The first-order valence-electron chi connectivity index (χ1n) is 9.03. The van der Waals surface area contributed by atoms with E-state index < -0.39 is 0 Å². The number of likely N-dealkylation sites (tertiary alicyclic amines) is 1. The number of carbonyl (C=O) groups excluding carboxylic acids is 1. The molecule has 0 bridgehead atoms. The molecule has 0 atom stereocenters. The maximum atomic E-state index is 12.4. The van der Waals surface area contributed by atoms with Crippen LogP contribution in [0.25, 0.3) is 11.3 Å². The summed E-state index contributed by atoms with van der Waals surface area (Å²) >= 11 is 0. The molecule has 140 valence electrons. The molecule has 1 saturated heterocycles. The Labute approximate surface area is 154 Å². The summed E-state index contributed by atoms with van der Waals surface area (Å²) in [6, 6.07) is 5.48. The Morgan fingerprint density at radius 2 is 2.12 bits per heavy atom. The Morgan fingerprint density at radius 3 is 2.77 bits per heavy atom. The lowest BCUT2D eigenvalue weighted by atomic mass is 9.88. The maximum Gasteiger partial charge on any atom is 0.226 e. The summed E-state index contributed by atoms with van der Waals surface area (Å²) in [5.41, 5.74) is 1.53. The molecule has 1 amide bonds. The van der Waals surface area contributed by atoms with Crippen molar-refractivity contribution in [2.24, 2.45) is 5.41 Å². The first-order chi connectivity index (χ1) is 12.4. The third-order valence-electron chi connectivity index (χ3n) is 4.58. The lowest BCUT2D eigenvalue weighted by molar-refractivity contribution is -0.118. The van der Waals surface area contributed by atoms with E-state index in [4.69, 9.17) is 4.74 Å². The molecule has 2 aromatic rings. The van der Waals surface area contributed by atoms with Crippen molar-refractivity contribution >= 4 is 11.7 Å². The van der Waals surface area contributed by atoms with Gasteiger partial charge in [-0.15, -0.1) is 0 Å². The molecule has 1 fully saturated rings. The molecule has 0 aliphatic carbocycles. The van der Waals surface area contributed by atoms with Crippen LogP contribution in [-0.4, -0.2) is 52.7 Å². The van der Waals surface area contributed by atoms with Gasteiger partial charge in [0.15, 0.2) is 0 Å². The average Bonchev–Trinajstić information content (AvgIpc) is 3.26. The number of H-pyrrole nitrogens is 1. The number of carbonyl (C=O) groups is 1. The topological polar surface area (TPSA) is 83.1 Å². The van der Waals surface area contributed by atoms with Crippen molar-refractivity contribution in [3.05, 3.63) is 24.4 Å². The lowest BCUT2D eigenvalue weighted by Gasteiger charge is -2.29. The molecule has 0 aromatic carbocycles. The molecule has 3 rings (SSSR count). The summed E-state index contributed by atoms with van der Waals surface area (Å²) < 4.78 is 5.06. The quantitative estimate of drug-likeness (QED) is 0.796. The largest absolute Gasteiger partial charge is 0.481 e. The SMILES string of the molecule is COc1ccc(-c2cc(NC(=O)CC(C)(C)CN3CCCC3)[nH]n2)cn1. The van der Waals surface area contributed by atoms with Crippen LogP contribution in [0, 0.1) is 5.41 Å². The normalized spacial score (nSPS) is 15.2. The van der Waals surface area contributed by atoms with Crippen molar-refractivity contribution in [2.75, 3.05) is 32.1 Å². The van der Waals surface area contributed by atoms with Crippen LogP contribution in [0.1, 0.15) is 33.1 Å². The number of aromatic amines is 1. The molecule has 3 heterocycles. The number of nitrogens with zero attached hydrogens (tertiary/aromatic N) is 3. The van der Waals surface area contributed by atoms with E-state index in [1.807, 2.05) is 12.1 Å². The smallest absolute Gasteiger partial charge is 0.226 e. The van der Waals surface area contributed by atoms with E-state index in [9.17, 15) is 4.79 Å². The van der Waals surface area contributed by atoms with Crippen LogP contribution in [0.5, 0.6) is 5.88 Å². The lowest BCUT2D eigenvalue weighted by Crippen LogP contribution is -2.35. The number of anilines is 1. The Kier molecular flexibility index (Phi) is 5.56. The highest BCUT2D eigenvalue weighted by Crippen LogP contribution is 2.25. The van der Waals surface area contributed by atoms with Crippen LogP contribution in [0.15, 0.2) is 24.4 Å². The molecular weight excluding hydrogens is 330 g/mol. The van der Waals surface area contributed by atoms with E-state index in [0.717, 1.165) is 30.9 Å². The molecule has 7 nitrogen and oxygen atoms in total. The minimum Gasteiger partial charge on any atom is -0.481 e. The highest BCUT2D eigenvalue weighted by Gasteiger charge is 2.26. The Hall–Kier alpha value is -2.41. The van der Waals surface area contributed by atoms with Crippen molar-refractivity contribution < 1.29 is 9.53 Å². The molecule has 26 heavy (non-hydrogen) atoms. The van der Waals surface area contributed by atoms with Crippen molar-refractivity contribution in [3.63, 3.8) is 0 Å². The molecule has 7 heteroatoms. The molecule has 0 radical (unpaired) electrons. The molecule has 0 unspecified atom stereocenters. The number of methoxy groups -OCH3 is 1. The molecule has 2 N–H and O–H groups in total. The Bertz CT molecular complexity index is 733. The highest BCUT2D eigenvalue weighted by atomic mass is 16.5. The minimum atomic E-state index is -0.0584. The van der Waals surface area contributed by atoms with Gasteiger partial charge in [0.2, 0.25) is 11.8 Å². The third-order valence-corrected chi connectivity index (χ3v) is 4.58. The molecule has 1 aliphatic rings. The number of aromatic nitrogens is 3. The first-order valence-corrected chi connectivity index (χ1v) is 9.03. The summed E-state index contributed by atoms with van der Waals surface area (Å²) in [5, 5.41) is 10.0. The predicted octanol–water partition coefficient (Wildman–Crippen LogP) is 2.93. The highest BCUT2D eigenvalue weighted by molar-refractivity contribution is 5.90. The zero-order valence-electron chi connectivity index (χ0n) is 15.7. The third kappa shape index (κ3) is 4.82. The average molecular weight is 357 g/mol. The summed E-state index contributed by atoms with van der Waals surface area (Å²) in [6.07, 6.45) is 4.69. The van der Waals surface area contributed by atoms with Gasteiger partial charge < -0.3 is 15.0 Å². The van der Waals surface area contributed by atoms with Crippen LogP contribution in [0.4, 0.5) is 5.82 Å². The van der Waals surface area contributed by atoms with E-state index >= 15 is 0 Å². The molecule has 2 aromatic heterocycles. The van der Waals surface area contributed by atoms with Crippen molar-refractivity contribution in [1.82, 2.24) is 20.1 Å². The van der Waals surface area contributed by atoms with Gasteiger partial charge in [-0.3, -0.25) is 9.89 Å². The van der Waals surface area contributed by atoms with Crippen molar-refractivity contribution in [1.29, 1.82) is 0 Å². The second kappa shape index (κ2) is 7.86. The fraction of sp³-hybridized carbons (Fsp3) is 0.526. The van der Waals surface area contributed by atoms with Gasteiger partial charge in [0.05, 0.1) is 12.8 Å². The number of pyridine rings is 1. The fourth-order valence-corrected chi connectivity index (χ4v) is 3.42. The number of nitrogens with one attached hydrogen (secondary N) is 2. The van der Waals surface area contributed by atoms with Crippen molar-refractivity contribution in [2.45, 2.75) is 33.1 Å². The number of ether oxygens (including phenoxy) is 1. The second-order valence-corrected chi connectivity index (χ2v) is 7.63. The van der Waals surface area contributed by atoms with E-state index in [2.05, 4.69) is 39.2 Å². The maximum absolute atomic E-state index is 12.4. The Morgan fingerprint density at radius 1 is 1.35 bits per heavy atom. The monoisotopic (exact) mass is 357 g/mol. The van der Waals surface area contributed by atoms with E-state index in [0.29, 0.717) is 18.1 Å². The second-order valence-electron chi connectivity index (χ2n) is 7.63. The van der Waals surface area contributed by atoms with Crippen LogP contribution in [-0.2, 0) is 4.79 Å². The van der Waals surface area contributed by atoms with Crippen LogP contribution < -0.4 is 10.1 Å². The van der Waals surface area contributed by atoms with Gasteiger partial charge in [-0.1, -0.05) is 13.8 Å². The van der Waals surface area contributed by atoms with E-state index in [1.54, 1.807) is 19.4 Å². The standard InChI is InChI=1S/C19H27N5O2/c1-19(2,13-24-8-4-5-9-24)11-17(25)21-16-10-15(22-23-16)14-6-7-18(26-3)20-12-14/h6-7,10,12H,4-5,8-9,11,13H2,1-3H3,(H2,21,22,23,25). The number of hydrogen-bond donors (Lipinski definition) is 2. The predicted molar refractivity (Wildman–Crippen MR) is 101 cm³/mol. The summed E-state index contributed by atoms with van der Waals surface area (Å²) in [5.74, 6) is 1.15. The molecule has 0 saturated carbocycles. The van der Waals surface area contributed by atoms with Crippen LogP contribution in [0.3, 0.4) is 0 Å². The summed E-state index contributed by atoms with van der Waals surface area (Å²) in [6.45, 7) is 7.53. The molecule has 1 aliphatic heterocycles. The zero-order chi connectivity index (χ0) is 18.6. The van der Waals surface area contributed by atoms with E-state index in [-0.39, 0.29) is 11.3 Å². The van der Waals surface area contributed by atoms with Gasteiger partial charge >= 0.3 is 0 Å². The minimum absolute atomic E-state index is 0.00254. The van der Waals surface area contributed by atoms with Crippen LogP contribution in [0.2, 0.25) is 0 Å². The molecule has 0 spiro atoms. The summed E-state index contributed by atoms with van der Waals surface area (Å²) in [7, 11) is 1.58. The summed E-state index contributed by atoms with van der Waals surface area (Å²) in [4.78, 5) is 19.0. The molecular formula is C19H27N5O2. The van der Waals surface area contributed by atoms with Gasteiger partial charge in [-0.25, -0.2) is 4.98 Å². The van der Waals surface area contributed by atoms with Crippen LogP contribution >= 0.6 is 0 Å². The fourth-order valence-electron chi connectivity index (χ4n) is 3.42. The van der Waals surface area contributed by atoms with Crippen molar-refractivity contribution in [3.8, 4) is 17.1 Å². The number of hydrogen-bond acceptors (Lipinski definition) is 5.